The normalized spacial score (nSPS) is 13.1. The van der Waals surface area contributed by atoms with Crippen LogP contribution in [0.25, 0.3) is 0 Å². The van der Waals surface area contributed by atoms with Crippen LogP contribution in [0.4, 0.5) is 0 Å². The van der Waals surface area contributed by atoms with E-state index in [1.807, 2.05) is 25.3 Å². The van der Waals surface area contributed by atoms with Gasteiger partial charge in [0.15, 0.2) is 0 Å². The molecule has 0 bridgehead atoms. The van der Waals surface area contributed by atoms with Gasteiger partial charge in [0.2, 0.25) is 0 Å². The van der Waals surface area contributed by atoms with Gasteiger partial charge in [-0.15, -0.1) is 11.3 Å². The van der Waals surface area contributed by atoms with E-state index in [0.29, 0.717) is 6.54 Å². The molecule has 2 N–H and O–H groups in total. The fraction of sp³-hybridized carbons (Fsp3) is 0.500. The molecule has 4 nitrogen and oxygen atoms in total. The molecule has 1 atom stereocenters. The van der Waals surface area contributed by atoms with Crippen molar-refractivity contribution in [3.8, 4) is 5.75 Å². The second-order valence-electron chi connectivity index (χ2n) is 6.46. The van der Waals surface area contributed by atoms with E-state index < -0.39 is 6.10 Å². The van der Waals surface area contributed by atoms with Crippen LogP contribution in [0.1, 0.15) is 35.5 Å². The first-order chi connectivity index (χ1) is 10.8. The number of hydrogen-bond acceptors (Lipinski definition) is 5. The number of benzene rings is 1. The molecular formula is C18H26N2O2S. The highest BCUT2D eigenvalue weighted by Gasteiger charge is 2.23. The maximum absolute atomic E-state index is 10.2. The van der Waals surface area contributed by atoms with Gasteiger partial charge in [0.1, 0.15) is 23.5 Å². The summed E-state index contributed by atoms with van der Waals surface area (Å²) in [5, 5.41) is 16.5. The minimum absolute atomic E-state index is 0.260. The third kappa shape index (κ3) is 4.53. The van der Waals surface area contributed by atoms with Crippen molar-refractivity contribution in [2.45, 2.75) is 46.3 Å². The highest BCUT2D eigenvalue weighted by Crippen LogP contribution is 2.26. The van der Waals surface area contributed by atoms with Gasteiger partial charge in [0, 0.05) is 18.1 Å². The molecule has 0 saturated heterocycles. The minimum Gasteiger partial charge on any atom is -0.490 e. The Balaban J connectivity index is 1.89. The molecule has 0 spiro atoms. The lowest BCUT2D eigenvalue weighted by Crippen LogP contribution is -2.42. The summed E-state index contributed by atoms with van der Waals surface area (Å²) >= 11 is 1.61. The Kier molecular flexibility index (Phi) is 5.79. The van der Waals surface area contributed by atoms with Crippen LogP contribution < -0.4 is 10.1 Å². The first-order valence-corrected chi connectivity index (χ1v) is 8.72. The van der Waals surface area contributed by atoms with Crippen molar-refractivity contribution in [2.24, 2.45) is 0 Å². The number of hydrogen-bond donors (Lipinski definition) is 2. The van der Waals surface area contributed by atoms with Crippen LogP contribution in [0.3, 0.4) is 0 Å². The van der Waals surface area contributed by atoms with Gasteiger partial charge in [-0.1, -0.05) is 12.1 Å². The van der Waals surface area contributed by atoms with E-state index >= 15 is 0 Å². The van der Waals surface area contributed by atoms with Crippen molar-refractivity contribution in [3.63, 3.8) is 0 Å². The van der Waals surface area contributed by atoms with Crippen molar-refractivity contribution < 1.29 is 9.84 Å². The maximum Gasteiger partial charge on any atom is 0.125 e. The highest BCUT2D eigenvalue weighted by molar-refractivity contribution is 7.09. The van der Waals surface area contributed by atoms with Crippen molar-refractivity contribution in [1.82, 2.24) is 10.3 Å². The third-order valence-electron chi connectivity index (χ3n) is 4.04. The lowest BCUT2D eigenvalue weighted by Gasteiger charge is -2.26. The molecule has 1 unspecified atom stereocenters. The number of thiazole rings is 1. The third-order valence-corrected chi connectivity index (χ3v) is 5.14. The van der Waals surface area contributed by atoms with Crippen LogP contribution in [0.2, 0.25) is 0 Å². The molecule has 23 heavy (non-hydrogen) atoms. The van der Waals surface area contributed by atoms with Crippen LogP contribution in [-0.2, 0) is 5.54 Å². The second kappa shape index (κ2) is 7.43. The number of aryl methyl sites for hydroxylation is 2. The highest BCUT2D eigenvalue weighted by atomic mass is 32.1. The smallest absolute Gasteiger partial charge is 0.125 e. The number of aromatic nitrogens is 1. The van der Waals surface area contributed by atoms with Crippen LogP contribution in [0.5, 0.6) is 5.75 Å². The minimum atomic E-state index is -0.575. The molecule has 1 aromatic heterocycles. The van der Waals surface area contributed by atoms with E-state index in [9.17, 15) is 5.11 Å². The summed E-state index contributed by atoms with van der Waals surface area (Å²) in [6, 6.07) is 4.14. The average molecular weight is 334 g/mol. The van der Waals surface area contributed by atoms with Gasteiger partial charge in [-0.05, 0) is 51.3 Å². The van der Waals surface area contributed by atoms with Crippen LogP contribution in [-0.4, -0.2) is 29.3 Å². The predicted octanol–water partition coefficient (Wildman–Crippen LogP) is 3.33. The molecule has 0 radical (unpaired) electrons. The molecule has 0 amide bonds. The molecule has 5 heteroatoms. The number of nitrogens with one attached hydrogen (secondary N) is 1. The van der Waals surface area contributed by atoms with E-state index in [2.05, 4.69) is 37.1 Å². The molecule has 0 aliphatic rings. The molecule has 1 heterocycles. The molecular weight excluding hydrogens is 308 g/mol. The monoisotopic (exact) mass is 334 g/mol. The van der Waals surface area contributed by atoms with E-state index in [-0.39, 0.29) is 12.1 Å². The van der Waals surface area contributed by atoms with E-state index in [1.165, 1.54) is 5.56 Å². The van der Waals surface area contributed by atoms with Gasteiger partial charge in [-0.25, -0.2) is 4.98 Å². The summed E-state index contributed by atoms with van der Waals surface area (Å²) < 4.78 is 5.86. The van der Waals surface area contributed by atoms with E-state index in [4.69, 9.17) is 4.74 Å². The van der Waals surface area contributed by atoms with E-state index in [1.54, 1.807) is 17.5 Å². The van der Waals surface area contributed by atoms with Crippen LogP contribution in [0.15, 0.2) is 23.7 Å². The summed E-state index contributed by atoms with van der Waals surface area (Å²) in [7, 11) is 0. The Labute approximate surface area is 142 Å². The molecule has 126 valence electrons. The molecule has 2 aromatic rings. The van der Waals surface area contributed by atoms with Crippen molar-refractivity contribution in [1.29, 1.82) is 0 Å². The molecule has 0 aliphatic heterocycles. The quantitative estimate of drug-likeness (QED) is 0.815. The fourth-order valence-electron chi connectivity index (χ4n) is 2.37. The molecule has 2 rings (SSSR count). The lowest BCUT2D eigenvalue weighted by molar-refractivity contribution is 0.0980. The van der Waals surface area contributed by atoms with Crippen LogP contribution >= 0.6 is 11.3 Å². The van der Waals surface area contributed by atoms with Crippen molar-refractivity contribution in [2.75, 3.05) is 13.2 Å². The summed E-state index contributed by atoms with van der Waals surface area (Å²) in [5.74, 6) is 0.878. The Morgan fingerprint density at radius 2 is 1.96 bits per heavy atom. The first kappa shape index (κ1) is 17.9. The largest absolute Gasteiger partial charge is 0.490 e. The predicted molar refractivity (Wildman–Crippen MR) is 95.3 cm³/mol. The van der Waals surface area contributed by atoms with Crippen molar-refractivity contribution >= 4 is 11.3 Å². The zero-order valence-electron chi connectivity index (χ0n) is 14.5. The zero-order valence-corrected chi connectivity index (χ0v) is 15.3. The van der Waals surface area contributed by atoms with Gasteiger partial charge < -0.3 is 15.2 Å². The Bertz CT molecular complexity index is 639. The van der Waals surface area contributed by atoms with Crippen molar-refractivity contribution in [3.05, 3.63) is 45.4 Å². The summed E-state index contributed by atoms with van der Waals surface area (Å²) in [6.45, 7) is 11.0. The molecule has 0 aliphatic carbocycles. The number of ether oxygens (including phenoxy) is 1. The van der Waals surface area contributed by atoms with E-state index in [0.717, 1.165) is 21.9 Å². The first-order valence-electron chi connectivity index (χ1n) is 7.84. The number of rotatable bonds is 7. The Morgan fingerprint density at radius 1 is 1.26 bits per heavy atom. The zero-order chi connectivity index (χ0) is 17.0. The van der Waals surface area contributed by atoms with Gasteiger partial charge in [0.25, 0.3) is 0 Å². The fourth-order valence-corrected chi connectivity index (χ4v) is 3.11. The summed E-state index contributed by atoms with van der Waals surface area (Å²) in [5.41, 5.74) is 3.16. The topological polar surface area (TPSA) is 54.4 Å². The lowest BCUT2D eigenvalue weighted by atomic mass is 10.1. The molecule has 0 fully saturated rings. The summed E-state index contributed by atoms with van der Waals surface area (Å²) in [6.07, 6.45) is 1.22. The molecule has 0 saturated carbocycles. The SMILES string of the molecule is Cc1ccc(C)c(OCC(O)CNC(C)(C)c2nccs2)c1C. The number of aliphatic hydroxyl groups excluding tert-OH is 1. The standard InChI is InChI=1S/C18H26N2O2S/c1-12-6-7-13(2)16(14(12)3)22-11-15(21)10-20-18(4,5)17-19-8-9-23-17/h6-9,15,20-21H,10-11H2,1-5H3. The molecule has 1 aromatic carbocycles. The maximum atomic E-state index is 10.2. The average Bonchev–Trinajstić information content (AvgIpc) is 3.04. The van der Waals surface area contributed by atoms with Gasteiger partial charge >= 0.3 is 0 Å². The van der Waals surface area contributed by atoms with Gasteiger partial charge in [0.05, 0.1) is 5.54 Å². The Hall–Kier alpha value is -1.43. The van der Waals surface area contributed by atoms with Gasteiger partial charge in [-0.3, -0.25) is 0 Å². The number of nitrogens with zero attached hydrogens (tertiary/aromatic N) is 1. The Morgan fingerprint density at radius 3 is 2.61 bits per heavy atom. The number of aliphatic hydroxyl groups is 1. The van der Waals surface area contributed by atoms with Gasteiger partial charge in [-0.2, -0.15) is 0 Å². The second-order valence-corrected chi connectivity index (χ2v) is 7.36. The van der Waals surface area contributed by atoms with Crippen LogP contribution in [0, 0.1) is 20.8 Å². The summed E-state index contributed by atoms with van der Waals surface area (Å²) in [4.78, 5) is 4.34.